The molecule has 2 amide bonds. The van der Waals surface area contributed by atoms with Gasteiger partial charge in [0, 0.05) is 12.1 Å². The number of hydrogen-bond acceptors (Lipinski definition) is 3. The first kappa shape index (κ1) is 20.3. The highest BCUT2D eigenvalue weighted by molar-refractivity contribution is 6.42. The lowest BCUT2D eigenvalue weighted by atomic mass is 9.71. The molecular weight excluding hydrogens is 387 g/mol. The number of amides is 2. The van der Waals surface area contributed by atoms with Crippen LogP contribution in [-0.2, 0) is 4.74 Å². The van der Waals surface area contributed by atoms with E-state index in [1.165, 1.54) is 0 Å². The molecule has 27 heavy (non-hydrogen) atoms. The number of carbonyl (C=O) groups excluding carboxylic acids is 2. The first-order chi connectivity index (χ1) is 13.0. The lowest BCUT2D eigenvalue weighted by Gasteiger charge is -2.53. The van der Waals surface area contributed by atoms with Crippen LogP contribution in [0.15, 0.2) is 18.2 Å². The highest BCUT2D eigenvalue weighted by atomic mass is 35.5. The van der Waals surface area contributed by atoms with Crippen molar-refractivity contribution in [1.29, 1.82) is 0 Å². The molecule has 148 valence electrons. The van der Waals surface area contributed by atoms with Gasteiger partial charge < -0.3 is 15.0 Å². The second-order valence-corrected chi connectivity index (χ2v) is 8.13. The second-order valence-electron chi connectivity index (χ2n) is 7.31. The van der Waals surface area contributed by atoms with Gasteiger partial charge in [0.1, 0.15) is 0 Å². The van der Waals surface area contributed by atoms with Crippen LogP contribution < -0.4 is 5.32 Å². The van der Waals surface area contributed by atoms with Crippen molar-refractivity contribution in [3.05, 3.63) is 33.8 Å². The molecule has 1 N–H and O–H groups in total. The van der Waals surface area contributed by atoms with Crippen LogP contribution in [0.4, 0.5) is 4.79 Å². The largest absolute Gasteiger partial charge is 0.450 e. The summed E-state index contributed by atoms with van der Waals surface area (Å²) in [5.41, 5.74) is 0.109. The maximum absolute atomic E-state index is 12.9. The molecule has 1 aliphatic heterocycles. The van der Waals surface area contributed by atoms with E-state index in [1.807, 2.05) is 11.8 Å². The van der Waals surface area contributed by atoms with Crippen LogP contribution >= 0.6 is 23.2 Å². The molecule has 1 saturated carbocycles. The fourth-order valence-electron chi connectivity index (χ4n) is 4.48. The first-order valence-corrected chi connectivity index (χ1v) is 10.4. The van der Waals surface area contributed by atoms with E-state index in [9.17, 15) is 9.59 Å². The van der Waals surface area contributed by atoms with Crippen molar-refractivity contribution in [3.63, 3.8) is 0 Å². The Morgan fingerprint density at radius 3 is 2.59 bits per heavy atom. The van der Waals surface area contributed by atoms with Crippen molar-refractivity contribution in [3.8, 4) is 0 Å². The fourth-order valence-corrected chi connectivity index (χ4v) is 4.77. The lowest BCUT2D eigenvalue weighted by Crippen LogP contribution is -2.67. The lowest BCUT2D eigenvalue weighted by molar-refractivity contribution is -0.0121. The quantitative estimate of drug-likeness (QED) is 0.755. The summed E-state index contributed by atoms with van der Waals surface area (Å²) in [4.78, 5) is 27.3. The minimum atomic E-state index is -0.366. The third-order valence-corrected chi connectivity index (χ3v) is 6.49. The summed E-state index contributed by atoms with van der Waals surface area (Å²) >= 11 is 12.0. The fraction of sp³-hybridized carbons (Fsp3) is 0.600. The van der Waals surface area contributed by atoms with E-state index in [4.69, 9.17) is 27.9 Å². The van der Waals surface area contributed by atoms with Crippen molar-refractivity contribution < 1.29 is 14.3 Å². The predicted octanol–water partition coefficient (Wildman–Crippen LogP) is 5.05. The van der Waals surface area contributed by atoms with E-state index >= 15 is 0 Å². The normalized spacial score (nSPS) is 21.7. The molecule has 3 rings (SSSR count). The Bertz CT molecular complexity index is 704. The van der Waals surface area contributed by atoms with Gasteiger partial charge in [0.25, 0.3) is 5.91 Å². The van der Waals surface area contributed by atoms with Crippen LogP contribution in [0.5, 0.6) is 0 Å². The summed E-state index contributed by atoms with van der Waals surface area (Å²) in [7, 11) is 0. The molecular formula is C20H26Cl2N2O3. The van der Waals surface area contributed by atoms with E-state index in [-0.39, 0.29) is 23.6 Å². The predicted molar refractivity (Wildman–Crippen MR) is 106 cm³/mol. The average molecular weight is 413 g/mol. The topological polar surface area (TPSA) is 58.6 Å². The first-order valence-electron chi connectivity index (χ1n) is 9.68. The Balaban J connectivity index is 1.84. The third-order valence-electron chi connectivity index (χ3n) is 5.76. The number of ether oxygens (including phenoxy) is 1. The molecule has 0 aromatic heterocycles. The Morgan fingerprint density at radius 2 is 1.93 bits per heavy atom. The monoisotopic (exact) mass is 412 g/mol. The zero-order valence-electron chi connectivity index (χ0n) is 15.6. The van der Waals surface area contributed by atoms with Gasteiger partial charge in [-0.1, -0.05) is 42.5 Å². The Hall–Kier alpha value is -1.46. The number of carbonyl (C=O) groups is 2. The molecule has 0 bridgehead atoms. The van der Waals surface area contributed by atoms with Crippen LogP contribution in [0.3, 0.4) is 0 Å². The Kier molecular flexibility index (Phi) is 6.53. The molecule has 1 aromatic carbocycles. The van der Waals surface area contributed by atoms with Crippen LogP contribution in [-0.4, -0.2) is 41.6 Å². The van der Waals surface area contributed by atoms with Crippen molar-refractivity contribution in [2.45, 2.75) is 63.5 Å². The van der Waals surface area contributed by atoms with E-state index in [0.717, 1.165) is 44.9 Å². The molecule has 1 spiro atoms. The maximum atomic E-state index is 12.9. The summed E-state index contributed by atoms with van der Waals surface area (Å²) in [6, 6.07) is 4.78. The minimum absolute atomic E-state index is 0.0992. The molecule has 1 atom stereocenters. The van der Waals surface area contributed by atoms with Gasteiger partial charge in [-0.3, -0.25) is 4.79 Å². The van der Waals surface area contributed by atoms with Gasteiger partial charge in [0.15, 0.2) is 0 Å². The van der Waals surface area contributed by atoms with Crippen LogP contribution in [0.1, 0.15) is 62.2 Å². The van der Waals surface area contributed by atoms with Crippen molar-refractivity contribution in [1.82, 2.24) is 10.2 Å². The number of likely N-dealkylation sites (tertiary alicyclic amines) is 1. The van der Waals surface area contributed by atoms with Gasteiger partial charge in [-0.05, 0) is 50.8 Å². The molecule has 1 aliphatic carbocycles. The second kappa shape index (κ2) is 8.70. The SMILES string of the molecule is CCOC(=O)N1CCCC(NC(=O)c2ccc(Cl)c(Cl)c2)C12CCCCC2. The highest BCUT2D eigenvalue weighted by Crippen LogP contribution is 2.41. The number of nitrogens with zero attached hydrogens (tertiary/aromatic N) is 1. The van der Waals surface area contributed by atoms with Gasteiger partial charge in [-0.2, -0.15) is 0 Å². The highest BCUT2D eigenvalue weighted by Gasteiger charge is 2.49. The van der Waals surface area contributed by atoms with Gasteiger partial charge in [-0.25, -0.2) is 4.79 Å². The number of hydrogen-bond donors (Lipinski definition) is 1. The Morgan fingerprint density at radius 1 is 1.19 bits per heavy atom. The minimum Gasteiger partial charge on any atom is -0.450 e. The van der Waals surface area contributed by atoms with Gasteiger partial charge >= 0.3 is 6.09 Å². The summed E-state index contributed by atoms with van der Waals surface area (Å²) < 4.78 is 5.32. The molecule has 0 radical (unpaired) electrons. The van der Waals surface area contributed by atoms with Crippen LogP contribution in [0.2, 0.25) is 10.0 Å². The van der Waals surface area contributed by atoms with Crippen LogP contribution in [0, 0.1) is 0 Å². The average Bonchev–Trinajstić information content (AvgIpc) is 2.66. The maximum Gasteiger partial charge on any atom is 0.410 e. The van der Waals surface area contributed by atoms with E-state index in [2.05, 4.69) is 5.32 Å². The van der Waals surface area contributed by atoms with Gasteiger partial charge in [0.05, 0.1) is 28.2 Å². The van der Waals surface area contributed by atoms with E-state index in [1.54, 1.807) is 18.2 Å². The number of piperidine rings is 1. The van der Waals surface area contributed by atoms with Crippen molar-refractivity contribution in [2.75, 3.05) is 13.2 Å². The molecule has 5 nitrogen and oxygen atoms in total. The van der Waals surface area contributed by atoms with E-state index in [0.29, 0.717) is 28.8 Å². The number of benzene rings is 1. The summed E-state index contributed by atoms with van der Waals surface area (Å²) in [5.74, 6) is -0.186. The molecule has 2 aliphatic rings. The zero-order chi connectivity index (χ0) is 19.4. The summed E-state index contributed by atoms with van der Waals surface area (Å²) in [6.07, 6.45) is 6.45. The molecule has 1 unspecified atom stereocenters. The van der Waals surface area contributed by atoms with Crippen molar-refractivity contribution >= 4 is 35.2 Å². The molecule has 2 fully saturated rings. The third kappa shape index (κ3) is 4.19. The summed E-state index contributed by atoms with van der Waals surface area (Å²) in [6.45, 7) is 2.85. The smallest absolute Gasteiger partial charge is 0.410 e. The number of halogens is 2. The van der Waals surface area contributed by atoms with Gasteiger partial charge in [0.2, 0.25) is 0 Å². The molecule has 1 aromatic rings. The van der Waals surface area contributed by atoms with Crippen molar-refractivity contribution in [2.24, 2.45) is 0 Å². The molecule has 1 heterocycles. The number of nitrogens with one attached hydrogen (secondary N) is 1. The molecule has 1 saturated heterocycles. The molecule has 7 heteroatoms. The van der Waals surface area contributed by atoms with E-state index < -0.39 is 0 Å². The van der Waals surface area contributed by atoms with Gasteiger partial charge in [-0.15, -0.1) is 0 Å². The van der Waals surface area contributed by atoms with Crippen LogP contribution in [0.25, 0.3) is 0 Å². The standard InChI is InChI=1S/C20H26Cl2N2O3/c1-2-27-19(26)24-12-6-7-17(20(24)10-4-3-5-11-20)23-18(25)14-8-9-15(21)16(22)13-14/h8-9,13,17H,2-7,10-12H2,1H3,(H,23,25). The summed E-state index contributed by atoms with van der Waals surface area (Å²) in [5, 5.41) is 3.95. The number of rotatable bonds is 3. The Labute approximate surface area is 170 Å². The zero-order valence-corrected chi connectivity index (χ0v) is 17.1.